The fourth-order valence-corrected chi connectivity index (χ4v) is 2.80. The van der Waals surface area contributed by atoms with Gasteiger partial charge in [0, 0.05) is 12.2 Å². The summed E-state index contributed by atoms with van der Waals surface area (Å²) in [7, 11) is 0. The van der Waals surface area contributed by atoms with E-state index in [9.17, 15) is 4.79 Å². The number of nitrogens with one attached hydrogen (secondary N) is 2. The second-order valence-corrected chi connectivity index (χ2v) is 7.14. The number of carbonyl (C=O) groups excluding carboxylic acids is 1. The van der Waals surface area contributed by atoms with Crippen molar-refractivity contribution in [3.05, 3.63) is 47.5 Å². The Morgan fingerprint density at radius 2 is 2.00 bits per heavy atom. The number of imidazole rings is 1. The first-order valence-corrected chi connectivity index (χ1v) is 8.66. The van der Waals surface area contributed by atoms with E-state index >= 15 is 0 Å². The van der Waals surface area contributed by atoms with Gasteiger partial charge in [-0.15, -0.1) is 0 Å². The molecule has 0 aliphatic carbocycles. The highest BCUT2D eigenvalue weighted by molar-refractivity contribution is 5.94. The standard InChI is InChI=1S/C19H25N5O/c1-11(2)17(18-21-15-7-6-13(5)8-16(15)22-18)23-19(25)14-9-20-24(10-14)12(3)4/h6-12,17H,1-5H3,(H,21,22)(H,23,25). The Balaban J connectivity index is 1.85. The molecule has 0 aliphatic rings. The topological polar surface area (TPSA) is 75.6 Å². The quantitative estimate of drug-likeness (QED) is 0.743. The van der Waals surface area contributed by atoms with E-state index in [0.29, 0.717) is 5.56 Å². The van der Waals surface area contributed by atoms with Gasteiger partial charge in [0.1, 0.15) is 5.82 Å². The lowest BCUT2D eigenvalue weighted by molar-refractivity contribution is 0.0923. The van der Waals surface area contributed by atoms with Crippen LogP contribution in [0.3, 0.4) is 0 Å². The van der Waals surface area contributed by atoms with E-state index < -0.39 is 0 Å². The molecule has 1 unspecified atom stereocenters. The van der Waals surface area contributed by atoms with E-state index in [0.717, 1.165) is 16.9 Å². The zero-order valence-electron chi connectivity index (χ0n) is 15.4. The molecule has 3 aromatic rings. The van der Waals surface area contributed by atoms with Gasteiger partial charge in [-0.2, -0.15) is 5.10 Å². The first-order chi connectivity index (χ1) is 11.8. The molecular weight excluding hydrogens is 314 g/mol. The van der Waals surface area contributed by atoms with Gasteiger partial charge >= 0.3 is 0 Å². The van der Waals surface area contributed by atoms with Crippen molar-refractivity contribution >= 4 is 16.9 Å². The highest BCUT2D eigenvalue weighted by Gasteiger charge is 2.23. The predicted molar refractivity (Wildman–Crippen MR) is 98.5 cm³/mol. The number of aromatic nitrogens is 4. The van der Waals surface area contributed by atoms with Gasteiger partial charge in [0.25, 0.3) is 5.91 Å². The number of carbonyl (C=O) groups is 1. The molecule has 2 aromatic heterocycles. The number of benzene rings is 1. The van der Waals surface area contributed by atoms with Gasteiger partial charge in [-0.3, -0.25) is 9.48 Å². The van der Waals surface area contributed by atoms with Crippen LogP contribution in [0.15, 0.2) is 30.6 Å². The van der Waals surface area contributed by atoms with Gasteiger partial charge in [0.2, 0.25) is 0 Å². The first-order valence-electron chi connectivity index (χ1n) is 8.66. The number of nitrogens with zero attached hydrogens (tertiary/aromatic N) is 3. The van der Waals surface area contributed by atoms with Gasteiger partial charge in [0.05, 0.1) is 28.8 Å². The highest BCUT2D eigenvalue weighted by atomic mass is 16.1. The van der Waals surface area contributed by atoms with Crippen molar-refractivity contribution in [2.45, 2.75) is 46.7 Å². The number of aromatic amines is 1. The molecule has 0 fully saturated rings. The Hall–Kier alpha value is -2.63. The Morgan fingerprint density at radius 1 is 1.24 bits per heavy atom. The molecule has 3 rings (SSSR count). The van der Waals surface area contributed by atoms with Crippen molar-refractivity contribution in [1.82, 2.24) is 25.1 Å². The maximum atomic E-state index is 12.6. The van der Waals surface area contributed by atoms with E-state index in [1.54, 1.807) is 17.1 Å². The molecule has 0 radical (unpaired) electrons. The lowest BCUT2D eigenvalue weighted by Crippen LogP contribution is -2.32. The third-order valence-corrected chi connectivity index (χ3v) is 4.30. The summed E-state index contributed by atoms with van der Waals surface area (Å²) in [5.41, 5.74) is 3.64. The minimum atomic E-state index is -0.192. The van der Waals surface area contributed by atoms with Gasteiger partial charge in [-0.25, -0.2) is 4.98 Å². The van der Waals surface area contributed by atoms with Gasteiger partial charge in [-0.1, -0.05) is 19.9 Å². The monoisotopic (exact) mass is 339 g/mol. The molecule has 132 valence electrons. The van der Waals surface area contributed by atoms with Gasteiger partial charge in [0.15, 0.2) is 0 Å². The van der Waals surface area contributed by atoms with Crippen molar-refractivity contribution < 1.29 is 4.79 Å². The molecule has 25 heavy (non-hydrogen) atoms. The first kappa shape index (κ1) is 17.2. The number of fused-ring (bicyclic) bond motifs is 1. The van der Waals surface area contributed by atoms with Gasteiger partial charge in [-0.05, 0) is 44.4 Å². The summed E-state index contributed by atoms with van der Waals surface area (Å²) in [6, 6.07) is 6.13. The van der Waals surface area contributed by atoms with Crippen LogP contribution in [0.25, 0.3) is 11.0 Å². The minimum Gasteiger partial charge on any atom is -0.342 e. The molecular formula is C19H25N5O. The summed E-state index contributed by atoms with van der Waals surface area (Å²) in [5.74, 6) is 0.841. The molecule has 6 nitrogen and oxygen atoms in total. The predicted octanol–water partition coefficient (Wildman–Crippen LogP) is 3.78. The van der Waals surface area contributed by atoms with Crippen LogP contribution in [0.2, 0.25) is 0 Å². The Kier molecular flexibility index (Phi) is 4.61. The van der Waals surface area contributed by atoms with Gasteiger partial charge < -0.3 is 10.3 Å². The number of H-pyrrole nitrogens is 1. The number of aryl methyl sites for hydroxylation is 1. The van der Waals surface area contributed by atoms with Crippen LogP contribution in [0.4, 0.5) is 0 Å². The zero-order valence-corrected chi connectivity index (χ0v) is 15.4. The van der Waals surface area contributed by atoms with E-state index in [1.807, 2.05) is 32.9 Å². The lowest BCUT2D eigenvalue weighted by Gasteiger charge is -2.20. The summed E-state index contributed by atoms with van der Waals surface area (Å²) >= 11 is 0. The average molecular weight is 339 g/mol. The van der Waals surface area contributed by atoms with Crippen LogP contribution in [-0.2, 0) is 0 Å². The number of hydrogen-bond donors (Lipinski definition) is 2. The fourth-order valence-electron chi connectivity index (χ4n) is 2.80. The van der Waals surface area contributed by atoms with E-state index in [4.69, 9.17) is 0 Å². The van der Waals surface area contributed by atoms with Crippen LogP contribution >= 0.6 is 0 Å². The van der Waals surface area contributed by atoms with Crippen molar-refractivity contribution in [2.24, 2.45) is 5.92 Å². The highest BCUT2D eigenvalue weighted by Crippen LogP contribution is 2.23. The minimum absolute atomic E-state index is 0.137. The maximum Gasteiger partial charge on any atom is 0.255 e. The summed E-state index contributed by atoms with van der Waals surface area (Å²) in [4.78, 5) is 20.6. The van der Waals surface area contributed by atoms with E-state index in [-0.39, 0.29) is 23.9 Å². The maximum absolute atomic E-state index is 12.6. The van der Waals surface area contributed by atoms with Crippen LogP contribution in [0.5, 0.6) is 0 Å². The second kappa shape index (κ2) is 6.70. The smallest absolute Gasteiger partial charge is 0.255 e. The van der Waals surface area contributed by atoms with Crippen molar-refractivity contribution in [1.29, 1.82) is 0 Å². The molecule has 2 heterocycles. The van der Waals surface area contributed by atoms with Crippen LogP contribution < -0.4 is 5.32 Å². The average Bonchev–Trinajstić information content (AvgIpc) is 3.18. The van der Waals surface area contributed by atoms with Crippen molar-refractivity contribution in [2.75, 3.05) is 0 Å². The summed E-state index contributed by atoms with van der Waals surface area (Å²) in [6.45, 7) is 10.2. The van der Waals surface area contributed by atoms with Crippen molar-refractivity contribution in [3.8, 4) is 0 Å². The normalized spacial score (nSPS) is 12.9. The molecule has 6 heteroatoms. The second-order valence-electron chi connectivity index (χ2n) is 7.14. The van der Waals surface area contributed by atoms with Crippen molar-refractivity contribution in [3.63, 3.8) is 0 Å². The molecule has 0 bridgehead atoms. The summed E-state index contributed by atoms with van der Waals surface area (Å²) in [6.07, 6.45) is 3.38. The van der Waals surface area contributed by atoms with E-state index in [1.165, 1.54) is 5.56 Å². The number of hydrogen-bond acceptors (Lipinski definition) is 3. The molecule has 0 spiro atoms. The molecule has 0 saturated carbocycles. The van der Waals surface area contributed by atoms with Crippen LogP contribution in [0, 0.1) is 12.8 Å². The van der Waals surface area contributed by atoms with Crippen LogP contribution in [0.1, 0.15) is 61.5 Å². The third-order valence-electron chi connectivity index (χ3n) is 4.30. The SMILES string of the molecule is Cc1ccc2nc(C(NC(=O)c3cnn(C(C)C)c3)C(C)C)[nH]c2c1. The number of rotatable bonds is 5. The fraction of sp³-hybridized carbons (Fsp3) is 0.421. The molecule has 1 atom stereocenters. The lowest BCUT2D eigenvalue weighted by atomic mass is 10.0. The zero-order chi connectivity index (χ0) is 18.1. The third kappa shape index (κ3) is 3.57. The molecule has 2 N–H and O–H groups in total. The molecule has 0 saturated heterocycles. The van der Waals surface area contributed by atoms with E-state index in [2.05, 4.69) is 40.3 Å². The summed E-state index contributed by atoms with van der Waals surface area (Å²) < 4.78 is 1.78. The Bertz CT molecular complexity index is 890. The Morgan fingerprint density at radius 3 is 2.64 bits per heavy atom. The Labute approximate surface area is 147 Å². The molecule has 1 aromatic carbocycles. The number of amides is 1. The summed E-state index contributed by atoms with van der Waals surface area (Å²) in [5, 5.41) is 7.33. The van der Waals surface area contributed by atoms with Crippen LogP contribution in [-0.4, -0.2) is 25.7 Å². The largest absolute Gasteiger partial charge is 0.342 e. The molecule has 0 aliphatic heterocycles. The molecule has 1 amide bonds.